The molecule has 0 aliphatic heterocycles. The van der Waals surface area contributed by atoms with E-state index in [0.29, 0.717) is 5.75 Å². The summed E-state index contributed by atoms with van der Waals surface area (Å²) in [7, 11) is 1.57. The lowest BCUT2D eigenvalue weighted by atomic mass is 9.68. The lowest BCUT2D eigenvalue weighted by molar-refractivity contribution is -0.124. The largest absolute Gasteiger partial charge is 0.484 e. The van der Waals surface area contributed by atoms with E-state index in [1.165, 1.54) is 11.8 Å². The van der Waals surface area contributed by atoms with Crippen LogP contribution in [0.2, 0.25) is 0 Å². The fourth-order valence-corrected chi connectivity index (χ4v) is 4.18. The van der Waals surface area contributed by atoms with Crippen LogP contribution in [0, 0.1) is 5.41 Å². The van der Waals surface area contributed by atoms with Crippen molar-refractivity contribution in [3.05, 3.63) is 30.5 Å². The van der Waals surface area contributed by atoms with Crippen LogP contribution in [0.4, 0.5) is 0 Å². The van der Waals surface area contributed by atoms with Crippen molar-refractivity contribution in [3.63, 3.8) is 0 Å². The van der Waals surface area contributed by atoms with Gasteiger partial charge in [0.15, 0.2) is 11.7 Å². The molecular weight excluding hydrogens is 336 g/mol. The highest BCUT2D eigenvalue weighted by atomic mass is 32.2. The molecule has 0 unspecified atom stereocenters. The number of aromatic nitrogens is 1. The third-order valence-electron chi connectivity index (χ3n) is 4.94. The Kier molecular flexibility index (Phi) is 5.27. The first kappa shape index (κ1) is 17.7. The van der Waals surface area contributed by atoms with E-state index >= 15 is 0 Å². The van der Waals surface area contributed by atoms with Gasteiger partial charge >= 0.3 is 0 Å². The van der Waals surface area contributed by atoms with E-state index in [1.54, 1.807) is 19.3 Å². The van der Waals surface area contributed by atoms with E-state index in [4.69, 9.17) is 4.74 Å². The molecule has 0 radical (unpaired) electrons. The lowest BCUT2D eigenvalue weighted by Crippen LogP contribution is -2.35. The Morgan fingerprint density at radius 3 is 2.76 bits per heavy atom. The number of rotatable bonds is 6. The van der Waals surface area contributed by atoms with Gasteiger partial charge in [0.25, 0.3) is 5.91 Å². The summed E-state index contributed by atoms with van der Waals surface area (Å²) in [5, 5.41) is 3.64. The number of thioether (sulfide) groups is 1. The number of nitrogens with zero attached hydrogens (tertiary/aromatic N) is 1. The van der Waals surface area contributed by atoms with Crippen molar-refractivity contribution in [2.75, 3.05) is 13.7 Å². The zero-order chi connectivity index (χ0) is 17.9. The normalized spacial score (nSPS) is 15.4. The van der Waals surface area contributed by atoms with Crippen molar-refractivity contribution in [1.29, 1.82) is 0 Å². The van der Waals surface area contributed by atoms with Crippen LogP contribution >= 0.6 is 11.8 Å². The van der Waals surface area contributed by atoms with Gasteiger partial charge in [-0.2, -0.15) is 0 Å². The first-order valence-electron chi connectivity index (χ1n) is 8.52. The zero-order valence-corrected chi connectivity index (χ0v) is 15.3. The second-order valence-corrected chi connectivity index (χ2v) is 7.34. The number of benzene rings is 1. The smallest absolute Gasteiger partial charge is 0.257 e. The lowest BCUT2D eigenvalue weighted by Gasteiger charge is -2.39. The molecule has 1 aliphatic rings. The van der Waals surface area contributed by atoms with Crippen molar-refractivity contribution in [2.24, 2.45) is 5.41 Å². The van der Waals surface area contributed by atoms with Crippen molar-refractivity contribution in [2.45, 2.75) is 37.5 Å². The number of carbonyl (C=O) groups is 2. The van der Waals surface area contributed by atoms with Gasteiger partial charge in [0.05, 0.1) is 5.52 Å². The summed E-state index contributed by atoms with van der Waals surface area (Å²) in [6, 6.07) is 7.35. The molecule has 0 saturated heterocycles. The summed E-state index contributed by atoms with van der Waals surface area (Å²) in [6.07, 6.45) is 5.72. The van der Waals surface area contributed by atoms with Gasteiger partial charge in [-0.05, 0) is 43.5 Å². The number of pyridine rings is 1. The van der Waals surface area contributed by atoms with Crippen LogP contribution in [0.25, 0.3) is 10.9 Å². The average Bonchev–Trinajstić information content (AvgIpc) is 2.59. The topological polar surface area (TPSA) is 68.3 Å². The van der Waals surface area contributed by atoms with Gasteiger partial charge in [0.2, 0.25) is 0 Å². The van der Waals surface area contributed by atoms with Gasteiger partial charge in [-0.3, -0.25) is 14.6 Å². The minimum atomic E-state index is -0.189. The molecule has 2 aromatic rings. The number of amides is 1. The number of fused-ring (bicyclic) bond motifs is 1. The molecule has 25 heavy (non-hydrogen) atoms. The van der Waals surface area contributed by atoms with Gasteiger partial charge in [0.1, 0.15) is 5.75 Å². The number of carbonyl (C=O) groups excluding carboxylic acids is 2. The zero-order valence-electron chi connectivity index (χ0n) is 14.5. The van der Waals surface area contributed by atoms with Crippen molar-refractivity contribution < 1.29 is 14.3 Å². The monoisotopic (exact) mass is 358 g/mol. The van der Waals surface area contributed by atoms with Crippen LogP contribution < -0.4 is 10.1 Å². The first-order valence-corrected chi connectivity index (χ1v) is 9.34. The molecule has 0 bridgehead atoms. The van der Waals surface area contributed by atoms with E-state index in [2.05, 4.69) is 17.2 Å². The SMILES string of the molecule is CCC1(C(=O)Sc2ccnc3ccc(OCC(=O)NC)cc23)CCC1. The second-order valence-electron chi connectivity index (χ2n) is 6.33. The maximum absolute atomic E-state index is 12.8. The van der Waals surface area contributed by atoms with Gasteiger partial charge in [-0.1, -0.05) is 25.1 Å². The molecule has 1 N–H and O–H groups in total. The molecule has 1 heterocycles. The number of hydrogen-bond acceptors (Lipinski definition) is 5. The second kappa shape index (κ2) is 7.44. The summed E-state index contributed by atoms with van der Waals surface area (Å²) in [5.74, 6) is 0.401. The Balaban J connectivity index is 1.84. The molecule has 6 heteroatoms. The van der Waals surface area contributed by atoms with Crippen molar-refractivity contribution in [3.8, 4) is 5.75 Å². The third-order valence-corrected chi connectivity index (χ3v) is 6.14. The van der Waals surface area contributed by atoms with E-state index in [0.717, 1.165) is 41.5 Å². The number of ether oxygens (including phenoxy) is 1. The quantitative estimate of drug-likeness (QED) is 0.800. The van der Waals surface area contributed by atoms with Crippen LogP contribution in [0.3, 0.4) is 0 Å². The minimum Gasteiger partial charge on any atom is -0.484 e. The van der Waals surface area contributed by atoms with E-state index in [-0.39, 0.29) is 23.0 Å². The molecule has 1 aromatic carbocycles. The predicted octanol–water partition coefficient (Wildman–Crippen LogP) is 3.56. The molecular formula is C19H22N2O3S. The Morgan fingerprint density at radius 1 is 1.32 bits per heavy atom. The van der Waals surface area contributed by atoms with Crippen molar-refractivity contribution in [1.82, 2.24) is 10.3 Å². The number of nitrogens with one attached hydrogen (secondary N) is 1. The minimum absolute atomic E-state index is 0.0391. The highest BCUT2D eigenvalue weighted by Crippen LogP contribution is 2.49. The third kappa shape index (κ3) is 3.63. The average molecular weight is 358 g/mol. The highest BCUT2D eigenvalue weighted by Gasteiger charge is 2.42. The van der Waals surface area contributed by atoms with Gasteiger partial charge in [-0.25, -0.2) is 0 Å². The van der Waals surface area contributed by atoms with Gasteiger partial charge < -0.3 is 10.1 Å². The van der Waals surface area contributed by atoms with Gasteiger partial charge in [0, 0.05) is 28.9 Å². The standard InChI is InChI=1S/C19H22N2O3S/c1-3-19(8-4-9-19)18(23)25-16-7-10-21-15-6-5-13(11-14(15)16)24-12-17(22)20-2/h5-7,10-11H,3-4,8-9,12H2,1-2H3,(H,20,22). The molecule has 1 fully saturated rings. The highest BCUT2D eigenvalue weighted by molar-refractivity contribution is 8.14. The molecule has 0 spiro atoms. The first-order chi connectivity index (χ1) is 12.1. The van der Waals surface area contributed by atoms with Crippen LogP contribution in [0.1, 0.15) is 32.6 Å². The Bertz CT molecular complexity index is 797. The van der Waals surface area contributed by atoms with Crippen molar-refractivity contribution >= 4 is 33.7 Å². The maximum atomic E-state index is 12.8. The fourth-order valence-electron chi connectivity index (χ4n) is 3.01. The Labute approximate surface area is 151 Å². The molecule has 132 valence electrons. The predicted molar refractivity (Wildman–Crippen MR) is 98.7 cm³/mol. The van der Waals surface area contributed by atoms with Crippen LogP contribution in [-0.4, -0.2) is 29.7 Å². The van der Waals surface area contributed by atoms with E-state index in [1.807, 2.05) is 18.2 Å². The van der Waals surface area contributed by atoms with Crippen LogP contribution in [-0.2, 0) is 9.59 Å². The molecule has 5 nitrogen and oxygen atoms in total. The summed E-state index contributed by atoms with van der Waals surface area (Å²) in [6.45, 7) is 2.05. The fraction of sp³-hybridized carbons (Fsp3) is 0.421. The summed E-state index contributed by atoms with van der Waals surface area (Å²) >= 11 is 1.30. The summed E-state index contributed by atoms with van der Waals surface area (Å²) in [5.41, 5.74) is 0.650. The molecule has 0 atom stereocenters. The van der Waals surface area contributed by atoms with Gasteiger partial charge in [-0.15, -0.1) is 0 Å². The molecule has 3 rings (SSSR count). The molecule has 1 saturated carbocycles. The number of likely N-dealkylation sites (N-methyl/N-ethyl adjacent to an activating group) is 1. The molecule has 1 aliphatic carbocycles. The summed E-state index contributed by atoms with van der Waals surface area (Å²) < 4.78 is 5.51. The Morgan fingerprint density at radius 2 is 2.12 bits per heavy atom. The molecule has 1 amide bonds. The van der Waals surface area contributed by atoms with E-state index < -0.39 is 0 Å². The van der Waals surface area contributed by atoms with Crippen LogP contribution in [0.15, 0.2) is 35.4 Å². The number of hydrogen-bond donors (Lipinski definition) is 1. The van der Waals surface area contributed by atoms with E-state index in [9.17, 15) is 9.59 Å². The summed E-state index contributed by atoms with van der Waals surface area (Å²) in [4.78, 5) is 29.4. The maximum Gasteiger partial charge on any atom is 0.257 e. The Hall–Kier alpha value is -2.08. The molecule has 1 aromatic heterocycles. The van der Waals surface area contributed by atoms with Crippen LogP contribution in [0.5, 0.6) is 5.75 Å².